The molecule has 2 saturated carbocycles. The first-order valence-corrected chi connectivity index (χ1v) is 24.9. The number of non-ortho nitro benzene ring substituents is 1. The maximum atomic E-state index is 13.5. The van der Waals surface area contributed by atoms with Gasteiger partial charge >= 0.3 is 24.4 Å². The van der Waals surface area contributed by atoms with Crippen LogP contribution in [-0.4, -0.2) is 84.7 Å². The highest BCUT2D eigenvalue weighted by atomic mass is 16.6. The monoisotopic (exact) mass is 1060 g/mol. The number of carbonyl (C=O) groups excluding carboxylic acids is 6. The number of nitrogens with zero attached hydrogens (tertiary/aromatic N) is 3. The summed E-state index contributed by atoms with van der Waals surface area (Å²) in [6.07, 6.45) is 0.931. The van der Waals surface area contributed by atoms with E-state index < -0.39 is 57.6 Å². The number of ether oxygens (including phenoxy) is 4. The predicted octanol–water partition coefficient (Wildman–Crippen LogP) is 13.0. The fourth-order valence-corrected chi connectivity index (χ4v) is 7.94. The Kier molecular flexibility index (Phi) is 16.6. The number of hydrogen-bond acceptors (Lipinski definition) is 13. The number of anilines is 3. The molecule has 0 atom stereocenters. The van der Waals surface area contributed by atoms with Crippen LogP contribution in [0.25, 0.3) is 44.3 Å². The summed E-state index contributed by atoms with van der Waals surface area (Å²) in [5, 5.41) is 23.7. The lowest BCUT2D eigenvalue weighted by molar-refractivity contribution is -0.384. The van der Waals surface area contributed by atoms with Gasteiger partial charge in [-0.15, -0.1) is 0 Å². The third-order valence-electron chi connectivity index (χ3n) is 11.2. The standard InChI is InChI=1S/C28H32N4O7.C28H34N4O5.CH4.H2/c1-27(2,3)38-25(34)30-18-9-7-16(8-10-18)23-22(24(33)29-17-11-12-17)20-15-19(32(36)37)13-14-21(20)31(23)26(35)39-28(4,5)6;1-27(2,3)36-25(34)31-19-10-7-16(8-11-19)23-22(24(33)30-18-12-13-18)20-15-17(29)9-14-21(20)32(23)26(35)37-28(4,5)6;;/h7-10,13-15,17H,11-12H2,1-6H3,(H,29,33)(H,30,34);7-11,14-15,18H,12-13,29H2,1-6H3,(H,30,33)(H,31,34);1H4;1H. The van der Waals surface area contributed by atoms with Gasteiger partial charge in [0.15, 0.2) is 0 Å². The largest absolute Gasteiger partial charge is 0.444 e. The number of hydrogen-bond donors (Lipinski definition) is 5. The molecule has 6 aromatic rings. The second kappa shape index (κ2) is 22.0. The molecule has 2 aliphatic carbocycles. The maximum absolute atomic E-state index is 13.5. The van der Waals surface area contributed by atoms with Crippen LogP contribution in [0.15, 0.2) is 84.9 Å². The van der Waals surface area contributed by atoms with E-state index in [0.717, 1.165) is 25.7 Å². The molecule has 2 heterocycles. The van der Waals surface area contributed by atoms with E-state index in [-0.39, 0.29) is 49.2 Å². The van der Waals surface area contributed by atoms with Gasteiger partial charge in [0, 0.05) is 53.5 Å². The van der Waals surface area contributed by atoms with E-state index in [1.165, 1.54) is 27.3 Å². The summed E-state index contributed by atoms with van der Waals surface area (Å²) < 4.78 is 24.7. The third-order valence-corrected chi connectivity index (χ3v) is 11.2. The minimum atomic E-state index is -0.844. The average molecular weight is 1060 g/mol. The highest BCUT2D eigenvalue weighted by Gasteiger charge is 2.35. The summed E-state index contributed by atoms with van der Waals surface area (Å²) in [4.78, 5) is 89.4. The van der Waals surface area contributed by atoms with Crippen molar-refractivity contribution >= 4 is 80.7 Å². The number of carbonyl (C=O) groups is 6. The molecule has 0 spiro atoms. The van der Waals surface area contributed by atoms with Gasteiger partial charge in [-0.1, -0.05) is 31.7 Å². The first-order valence-electron chi connectivity index (χ1n) is 24.9. The molecule has 2 fully saturated rings. The molecule has 8 rings (SSSR count). The molecule has 20 nitrogen and oxygen atoms in total. The van der Waals surface area contributed by atoms with Crippen LogP contribution in [0.3, 0.4) is 0 Å². The van der Waals surface area contributed by atoms with Crippen LogP contribution in [0.2, 0.25) is 0 Å². The zero-order valence-electron chi connectivity index (χ0n) is 44.9. The quantitative estimate of drug-likeness (QED) is 0.0391. The lowest BCUT2D eigenvalue weighted by atomic mass is 10.0. The number of nitrogens with two attached hydrogens (primary N) is 1. The molecule has 4 amide bonds. The van der Waals surface area contributed by atoms with Crippen molar-refractivity contribution in [1.82, 2.24) is 19.8 Å². The van der Waals surface area contributed by atoms with Gasteiger partial charge in [0.05, 0.1) is 38.5 Å². The van der Waals surface area contributed by atoms with E-state index in [2.05, 4.69) is 21.3 Å². The first-order chi connectivity index (χ1) is 35.3. The van der Waals surface area contributed by atoms with Crippen molar-refractivity contribution in [2.24, 2.45) is 0 Å². The summed E-state index contributed by atoms with van der Waals surface area (Å²) in [5.41, 5.74) is 7.31. The Bertz CT molecular complexity index is 3260. The van der Waals surface area contributed by atoms with Crippen molar-refractivity contribution in [1.29, 1.82) is 0 Å². The summed E-state index contributed by atoms with van der Waals surface area (Å²) in [6, 6.07) is 22.6. The second-order valence-corrected chi connectivity index (χ2v) is 22.7. The highest BCUT2D eigenvalue weighted by Crippen LogP contribution is 2.39. The van der Waals surface area contributed by atoms with Crippen LogP contribution in [0.1, 0.15) is 138 Å². The number of rotatable bonds is 9. The Hall–Kier alpha value is -8.42. The molecule has 77 heavy (non-hydrogen) atoms. The minimum absolute atomic E-state index is 0. The molecule has 412 valence electrons. The summed E-state index contributed by atoms with van der Waals surface area (Å²) in [5.74, 6) is -0.734. The van der Waals surface area contributed by atoms with Crippen LogP contribution in [0.4, 0.5) is 41.9 Å². The maximum Gasteiger partial charge on any atom is 0.419 e. The van der Waals surface area contributed by atoms with E-state index in [0.29, 0.717) is 55.9 Å². The van der Waals surface area contributed by atoms with E-state index in [1.54, 1.807) is 150 Å². The van der Waals surface area contributed by atoms with Crippen molar-refractivity contribution in [3.8, 4) is 22.5 Å². The minimum Gasteiger partial charge on any atom is -0.444 e. The molecule has 2 aliphatic rings. The Morgan fingerprint density at radius 2 is 0.896 bits per heavy atom. The Morgan fingerprint density at radius 1 is 0.545 bits per heavy atom. The van der Waals surface area contributed by atoms with Gasteiger partial charge in [0.1, 0.15) is 22.4 Å². The number of benzene rings is 4. The smallest absolute Gasteiger partial charge is 0.419 e. The average Bonchev–Trinajstić information content (AvgIpc) is 4.22. The summed E-state index contributed by atoms with van der Waals surface area (Å²) in [6.45, 7) is 21.1. The lowest BCUT2D eigenvalue weighted by Crippen LogP contribution is -2.28. The molecular weight excluding hydrogens is 989 g/mol. The van der Waals surface area contributed by atoms with Crippen molar-refractivity contribution in [2.45, 2.75) is 151 Å². The number of nitrogen functional groups attached to an aromatic ring is 1. The number of nitro groups is 1. The van der Waals surface area contributed by atoms with Crippen LogP contribution in [0.5, 0.6) is 0 Å². The van der Waals surface area contributed by atoms with Gasteiger partial charge in [-0.05, 0) is 168 Å². The predicted molar refractivity (Wildman–Crippen MR) is 299 cm³/mol. The fourth-order valence-electron chi connectivity index (χ4n) is 7.94. The van der Waals surface area contributed by atoms with Gasteiger partial charge in [0.2, 0.25) is 0 Å². The molecule has 20 heteroatoms. The van der Waals surface area contributed by atoms with Crippen molar-refractivity contribution < 1.29 is 54.1 Å². The van der Waals surface area contributed by atoms with Gasteiger partial charge in [-0.3, -0.25) is 30.3 Å². The Labute approximate surface area is 448 Å². The van der Waals surface area contributed by atoms with Crippen LogP contribution < -0.4 is 27.0 Å². The molecule has 0 unspecified atom stereocenters. The Morgan fingerprint density at radius 3 is 1.23 bits per heavy atom. The third kappa shape index (κ3) is 14.9. The molecular formula is C57H72N8O12. The van der Waals surface area contributed by atoms with Gasteiger partial charge < -0.3 is 35.3 Å². The number of nitro benzene ring substituents is 1. The van der Waals surface area contributed by atoms with Crippen LogP contribution in [-0.2, 0) is 18.9 Å². The molecule has 0 radical (unpaired) electrons. The van der Waals surface area contributed by atoms with Gasteiger partial charge in [-0.2, -0.15) is 0 Å². The summed E-state index contributed by atoms with van der Waals surface area (Å²) >= 11 is 0. The highest BCUT2D eigenvalue weighted by molar-refractivity contribution is 6.17. The number of aromatic nitrogens is 2. The first kappa shape index (κ1) is 57.9. The second-order valence-electron chi connectivity index (χ2n) is 22.7. The topological polar surface area (TPSA) is 266 Å². The van der Waals surface area contributed by atoms with E-state index >= 15 is 0 Å². The van der Waals surface area contributed by atoms with Crippen molar-refractivity contribution in [3.05, 3.63) is 106 Å². The zero-order chi connectivity index (χ0) is 55.8. The number of amides is 4. The SMILES string of the molecule is C.CC(C)(C)OC(=O)Nc1ccc(-c2c(C(=O)NC3CC3)c3cc(N)ccc3n2C(=O)OC(C)(C)C)cc1.CC(C)(C)OC(=O)Nc1ccc(-c2c(C(=O)NC3CC3)c3cc([N+](=O)[O-])ccc3n2C(=O)OC(C)(C)C)cc1.[HH]. The van der Waals surface area contributed by atoms with E-state index in [4.69, 9.17) is 24.7 Å². The van der Waals surface area contributed by atoms with Crippen molar-refractivity contribution in [2.75, 3.05) is 16.4 Å². The van der Waals surface area contributed by atoms with Gasteiger partial charge in [0.25, 0.3) is 17.5 Å². The number of fused-ring (bicyclic) bond motifs is 2. The van der Waals surface area contributed by atoms with Crippen LogP contribution in [0, 0.1) is 10.1 Å². The summed E-state index contributed by atoms with van der Waals surface area (Å²) in [7, 11) is 0. The van der Waals surface area contributed by atoms with Gasteiger partial charge in [-0.25, -0.2) is 28.3 Å². The molecule has 6 N–H and O–H groups in total. The fraction of sp³-hybridized carbons (Fsp3) is 0.404. The van der Waals surface area contributed by atoms with Crippen LogP contribution >= 0.6 is 0 Å². The molecule has 4 aromatic carbocycles. The molecule has 0 bridgehead atoms. The normalized spacial score (nSPS) is 13.5. The molecule has 0 aliphatic heterocycles. The van der Waals surface area contributed by atoms with E-state index in [9.17, 15) is 38.9 Å². The van der Waals surface area contributed by atoms with E-state index in [1.807, 2.05) is 0 Å². The Balaban J connectivity index is 0.000000281. The molecule has 2 aromatic heterocycles. The van der Waals surface area contributed by atoms with Crippen molar-refractivity contribution in [3.63, 3.8) is 0 Å². The number of nitrogens with one attached hydrogen (secondary N) is 4. The lowest BCUT2D eigenvalue weighted by Gasteiger charge is -2.21. The molecule has 0 saturated heterocycles. The zero-order valence-corrected chi connectivity index (χ0v) is 44.9.